The third kappa shape index (κ3) is 3.26. The van der Waals surface area contributed by atoms with Gasteiger partial charge in [-0.3, -0.25) is 0 Å². The number of benzene rings is 1. The van der Waals surface area contributed by atoms with E-state index in [-0.39, 0.29) is 0 Å². The predicted molar refractivity (Wildman–Crippen MR) is 76.0 cm³/mol. The number of ether oxygens (including phenoxy) is 1. The van der Waals surface area contributed by atoms with Gasteiger partial charge in [-0.1, -0.05) is 30.5 Å². The van der Waals surface area contributed by atoms with E-state index in [1.807, 2.05) is 0 Å². The Morgan fingerprint density at radius 2 is 2.06 bits per heavy atom. The van der Waals surface area contributed by atoms with Crippen LogP contribution in [0.3, 0.4) is 0 Å². The molecule has 2 atom stereocenters. The van der Waals surface area contributed by atoms with Gasteiger partial charge in [-0.05, 0) is 50.2 Å². The van der Waals surface area contributed by atoms with Crippen LogP contribution < -0.4 is 10.5 Å². The highest BCUT2D eigenvalue weighted by Gasteiger charge is 2.21. The van der Waals surface area contributed by atoms with E-state index in [1.54, 1.807) is 7.11 Å². The van der Waals surface area contributed by atoms with Gasteiger partial charge in [0.1, 0.15) is 5.75 Å². The Bertz CT molecular complexity index is 389. The maximum atomic E-state index is 6.21. The molecule has 2 unspecified atom stereocenters. The first-order chi connectivity index (χ1) is 8.70. The van der Waals surface area contributed by atoms with Crippen molar-refractivity contribution >= 4 is 0 Å². The molecule has 0 bridgehead atoms. The van der Waals surface area contributed by atoms with Crippen molar-refractivity contribution < 1.29 is 4.74 Å². The molecule has 2 heteroatoms. The molecule has 0 heterocycles. The van der Waals surface area contributed by atoms with Crippen molar-refractivity contribution in [2.75, 3.05) is 7.11 Å². The molecule has 0 spiro atoms. The zero-order valence-corrected chi connectivity index (χ0v) is 11.6. The van der Waals surface area contributed by atoms with E-state index in [9.17, 15) is 0 Å². The van der Waals surface area contributed by atoms with Gasteiger partial charge in [0.05, 0.1) is 7.11 Å². The molecule has 0 aromatic heterocycles. The summed E-state index contributed by atoms with van der Waals surface area (Å²) in [4.78, 5) is 0. The van der Waals surface area contributed by atoms with Gasteiger partial charge >= 0.3 is 0 Å². The standard InChI is InChI=1S/C16H25NO/c1-12-7-10-16(18-2)14(11-12)9-8-13-5-3-4-6-15(13)17/h7,10-11,13,15H,3-6,8-9,17H2,1-2H3. The summed E-state index contributed by atoms with van der Waals surface area (Å²) in [5, 5.41) is 0. The largest absolute Gasteiger partial charge is 0.496 e. The number of methoxy groups -OCH3 is 1. The zero-order chi connectivity index (χ0) is 13.0. The van der Waals surface area contributed by atoms with Crippen molar-refractivity contribution in [3.63, 3.8) is 0 Å². The van der Waals surface area contributed by atoms with Crippen molar-refractivity contribution in [2.45, 2.75) is 51.5 Å². The summed E-state index contributed by atoms with van der Waals surface area (Å²) in [6.45, 7) is 2.13. The van der Waals surface area contributed by atoms with Crippen LogP contribution in [0.1, 0.15) is 43.2 Å². The first kappa shape index (κ1) is 13.4. The van der Waals surface area contributed by atoms with Gasteiger partial charge in [-0.2, -0.15) is 0 Å². The monoisotopic (exact) mass is 247 g/mol. The molecule has 0 aliphatic heterocycles. The lowest BCUT2D eigenvalue weighted by atomic mass is 9.81. The maximum Gasteiger partial charge on any atom is 0.122 e. The van der Waals surface area contributed by atoms with Crippen molar-refractivity contribution in [1.29, 1.82) is 0 Å². The third-order valence-corrected chi connectivity index (χ3v) is 4.19. The second-order valence-corrected chi connectivity index (χ2v) is 5.56. The highest BCUT2D eigenvalue weighted by molar-refractivity contribution is 5.36. The Hall–Kier alpha value is -1.02. The second kappa shape index (κ2) is 6.24. The van der Waals surface area contributed by atoms with Crippen LogP contribution in [0.4, 0.5) is 0 Å². The van der Waals surface area contributed by atoms with Gasteiger partial charge in [-0.15, -0.1) is 0 Å². The fourth-order valence-corrected chi connectivity index (χ4v) is 3.04. The van der Waals surface area contributed by atoms with Crippen LogP contribution >= 0.6 is 0 Å². The normalized spacial score (nSPS) is 23.9. The number of hydrogen-bond acceptors (Lipinski definition) is 2. The molecule has 1 aromatic carbocycles. The molecule has 0 amide bonds. The molecular weight excluding hydrogens is 222 g/mol. The predicted octanol–water partition coefficient (Wildman–Crippen LogP) is 3.45. The van der Waals surface area contributed by atoms with E-state index < -0.39 is 0 Å². The molecule has 1 aromatic rings. The topological polar surface area (TPSA) is 35.2 Å². The van der Waals surface area contributed by atoms with Gasteiger partial charge < -0.3 is 10.5 Å². The molecule has 1 aliphatic carbocycles. The Morgan fingerprint density at radius 3 is 2.78 bits per heavy atom. The van der Waals surface area contributed by atoms with Crippen molar-refractivity contribution in [2.24, 2.45) is 11.7 Å². The molecule has 2 N–H and O–H groups in total. The molecule has 1 aliphatic rings. The van der Waals surface area contributed by atoms with E-state index in [2.05, 4.69) is 25.1 Å². The number of hydrogen-bond donors (Lipinski definition) is 1. The van der Waals surface area contributed by atoms with Crippen molar-refractivity contribution in [3.8, 4) is 5.75 Å². The molecule has 0 radical (unpaired) electrons. The molecular formula is C16H25NO. The fraction of sp³-hybridized carbons (Fsp3) is 0.625. The molecule has 18 heavy (non-hydrogen) atoms. The number of nitrogens with two attached hydrogens (primary N) is 1. The highest BCUT2D eigenvalue weighted by atomic mass is 16.5. The maximum absolute atomic E-state index is 6.21. The smallest absolute Gasteiger partial charge is 0.122 e. The lowest BCUT2D eigenvalue weighted by Gasteiger charge is -2.28. The summed E-state index contributed by atoms with van der Waals surface area (Å²) >= 11 is 0. The zero-order valence-electron chi connectivity index (χ0n) is 11.6. The van der Waals surface area contributed by atoms with Crippen LogP contribution in [0.25, 0.3) is 0 Å². The molecule has 1 fully saturated rings. The summed E-state index contributed by atoms with van der Waals surface area (Å²) in [7, 11) is 1.75. The van der Waals surface area contributed by atoms with E-state index in [0.29, 0.717) is 12.0 Å². The fourth-order valence-electron chi connectivity index (χ4n) is 3.04. The van der Waals surface area contributed by atoms with Crippen molar-refractivity contribution in [1.82, 2.24) is 0 Å². The third-order valence-electron chi connectivity index (χ3n) is 4.19. The summed E-state index contributed by atoms with van der Waals surface area (Å²) in [5.74, 6) is 1.72. The number of rotatable bonds is 4. The minimum absolute atomic E-state index is 0.412. The lowest BCUT2D eigenvalue weighted by Crippen LogP contribution is -2.33. The van der Waals surface area contributed by atoms with Crippen LogP contribution in [0, 0.1) is 12.8 Å². The average Bonchev–Trinajstić information content (AvgIpc) is 2.38. The summed E-state index contributed by atoms with van der Waals surface area (Å²) in [6, 6.07) is 6.84. The minimum atomic E-state index is 0.412. The van der Waals surface area contributed by atoms with Gasteiger partial charge in [0.2, 0.25) is 0 Å². The van der Waals surface area contributed by atoms with Gasteiger partial charge in [0, 0.05) is 6.04 Å². The Morgan fingerprint density at radius 1 is 1.28 bits per heavy atom. The highest BCUT2D eigenvalue weighted by Crippen LogP contribution is 2.29. The Balaban J connectivity index is 1.98. The van der Waals surface area contributed by atoms with E-state index in [0.717, 1.165) is 12.2 Å². The summed E-state index contributed by atoms with van der Waals surface area (Å²) in [6.07, 6.45) is 7.45. The quantitative estimate of drug-likeness (QED) is 0.884. The minimum Gasteiger partial charge on any atom is -0.496 e. The van der Waals surface area contributed by atoms with Gasteiger partial charge in [0.25, 0.3) is 0 Å². The number of aryl methyl sites for hydroxylation is 2. The summed E-state index contributed by atoms with van der Waals surface area (Å²) in [5.41, 5.74) is 8.85. The van der Waals surface area contributed by atoms with E-state index in [4.69, 9.17) is 10.5 Å². The Kier molecular flexibility index (Phi) is 4.65. The molecule has 2 nitrogen and oxygen atoms in total. The molecule has 0 saturated heterocycles. The van der Waals surface area contributed by atoms with Crippen LogP contribution in [0.5, 0.6) is 5.75 Å². The SMILES string of the molecule is COc1ccc(C)cc1CCC1CCCCC1N. The van der Waals surface area contributed by atoms with E-state index in [1.165, 1.54) is 43.2 Å². The van der Waals surface area contributed by atoms with E-state index >= 15 is 0 Å². The molecule has 2 rings (SSSR count). The van der Waals surface area contributed by atoms with Crippen LogP contribution in [0.15, 0.2) is 18.2 Å². The van der Waals surface area contributed by atoms with Crippen LogP contribution in [-0.4, -0.2) is 13.2 Å². The Labute approximate surface area is 111 Å². The molecule has 100 valence electrons. The lowest BCUT2D eigenvalue weighted by molar-refractivity contribution is 0.291. The first-order valence-corrected chi connectivity index (χ1v) is 7.10. The first-order valence-electron chi connectivity index (χ1n) is 7.10. The molecule has 1 saturated carbocycles. The van der Waals surface area contributed by atoms with Crippen molar-refractivity contribution in [3.05, 3.63) is 29.3 Å². The average molecular weight is 247 g/mol. The van der Waals surface area contributed by atoms with Crippen LogP contribution in [0.2, 0.25) is 0 Å². The van der Waals surface area contributed by atoms with Gasteiger partial charge in [0.15, 0.2) is 0 Å². The summed E-state index contributed by atoms with van der Waals surface area (Å²) < 4.78 is 5.44. The second-order valence-electron chi connectivity index (χ2n) is 5.56. The van der Waals surface area contributed by atoms with Gasteiger partial charge in [-0.25, -0.2) is 0 Å². The van der Waals surface area contributed by atoms with Crippen LogP contribution in [-0.2, 0) is 6.42 Å².